The molecule has 0 saturated heterocycles. The summed E-state index contributed by atoms with van der Waals surface area (Å²) < 4.78 is 0. The van der Waals surface area contributed by atoms with E-state index in [1.54, 1.807) is 0 Å². The third-order valence-corrected chi connectivity index (χ3v) is 4.73. The summed E-state index contributed by atoms with van der Waals surface area (Å²) >= 11 is 1.99. The molecule has 100 valence electrons. The van der Waals surface area contributed by atoms with Crippen LogP contribution < -0.4 is 5.32 Å². The zero-order valence-corrected chi connectivity index (χ0v) is 12.4. The maximum atomic E-state index is 3.68. The lowest BCUT2D eigenvalue weighted by atomic mass is 9.93. The quantitative estimate of drug-likeness (QED) is 0.706. The largest absolute Gasteiger partial charge is 0.314 e. The molecule has 1 aromatic rings. The maximum absolute atomic E-state index is 3.68. The van der Waals surface area contributed by atoms with Crippen LogP contribution in [0.4, 0.5) is 0 Å². The fourth-order valence-corrected chi connectivity index (χ4v) is 3.13. The summed E-state index contributed by atoms with van der Waals surface area (Å²) in [6.07, 6.45) is 4.10. The minimum absolute atomic E-state index is 0.785. The van der Waals surface area contributed by atoms with Gasteiger partial charge in [0.05, 0.1) is 0 Å². The van der Waals surface area contributed by atoms with Crippen LogP contribution in [0.1, 0.15) is 33.1 Å². The average molecular weight is 263 g/mol. The molecule has 1 aromatic carbocycles. The van der Waals surface area contributed by atoms with Gasteiger partial charge < -0.3 is 5.32 Å². The minimum atomic E-state index is 0.785. The van der Waals surface area contributed by atoms with Crippen LogP contribution in [0.15, 0.2) is 35.2 Å². The topological polar surface area (TPSA) is 12.0 Å². The zero-order chi connectivity index (χ0) is 12.8. The molecule has 2 heteroatoms. The summed E-state index contributed by atoms with van der Waals surface area (Å²) in [4.78, 5) is 1.40. The Kier molecular flexibility index (Phi) is 5.58. The van der Waals surface area contributed by atoms with E-state index >= 15 is 0 Å². The third-order valence-electron chi connectivity index (χ3n) is 3.69. The van der Waals surface area contributed by atoms with Crippen LogP contribution >= 0.6 is 11.8 Å². The highest BCUT2D eigenvalue weighted by atomic mass is 32.2. The van der Waals surface area contributed by atoms with Gasteiger partial charge in [0.1, 0.15) is 0 Å². The lowest BCUT2D eigenvalue weighted by Crippen LogP contribution is -2.28. The number of hydrogen-bond donors (Lipinski definition) is 1. The summed E-state index contributed by atoms with van der Waals surface area (Å²) in [5.74, 6) is 2.84. The molecule has 1 N–H and O–H groups in total. The fraction of sp³-hybridized carbons (Fsp3) is 0.625. The molecule has 1 unspecified atom stereocenters. The van der Waals surface area contributed by atoms with Crippen LogP contribution in [-0.4, -0.2) is 18.3 Å². The van der Waals surface area contributed by atoms with E-state index in [0.717, 1.165) is 17.9 Å². The molecule has 0 aliphatic heterocycles. The predicted octanol–water partition coefficient (Wildman–Crippen LogP) is 4.19. The van der Waals surface area contributed by atoms with Crippen molar-refractivity contribution in [2.45, 2.75) is 44.0 Å². The second kappa shape index (κ2) is 7.20. The number of benzene rings is 1. The lowest BCUT2D eigenvalue weighted by Gasteiger charge is -2.21. The molecule has 1 fully saturated rings. The van der Waals surface area contributed by atoms with Crippen molar-refractivity contribution in [1.29, 1.82) is 0 Å². The van der Waals surface area contributed by atoms with Crippen LogP contribution in [0.5, 0.6) is 0 Å². The van der Waals surface area contributed by atoms with Gasteiger partial charge in [-0.2, -0.15) is 0 Å². The van der Waals surface area contributed by atoms with Crippen LogP contribution in [-0.2, 0) is 0 Å². The van der Waals surface area contributed by atoms with Crippen LogP contribution in [0, 0.1) is 11.8 Å². The monoisotopic (exact) mass is 263 g/mol. The third kappa shape index (κ3) is 5.03. The zero-order valence-electron chi connectivity index (χ0n) is 11.6. The van der Waals surface area contributed by atoms with E-state index in [0.29, 0.717) is 0 Å². The molecule has 0 heterocycles. The van der Waals surface area contributed by atoms with Crippen molar-refractivity contribution in [1.82, 2.24) is 5.32 Å². The van der Waals surface area contributed by atoms with Crippen molar-refractivity contribution in [3.63, 3.8) is 0 Å². The van der Waals surface area contributed by atoms with Gasteiger partial charge in [0, 0.05) is 10.9 Å². The van der Waals surface area contributed by atoms with Crippen LogP contribution in [0.3, 0.4) is 0 Å². The molecule has 1 nitrogen and oxygen atoms in total. The Hall–Kier alpha value is -0.470. The Morgan fingerprint density at radius 3 is 2.56 bits per heavy atom. The number of thioether (sulfide) groups is 1. The molecule has 0 radical (unpaired) electrons. The van der Waals surface area contributed by atoms with Gasteiger partial charge in [-0.15, -0.1) is 11.8 Å². The summed E-state index contributed by atoms with van der Waals surface area (Å²) in [5.41, 5.74) is 0. The SMILES string of the molecule is CC(C)C(CCSc1ccccc1)CNC1CC1. The Morgan fingerprint density at radius 1 is 1.22 bits per heavy atom. The van der Waals surface area contributed by atoms with Crippen molar-refractivity contribution in [3.8, 4) is 0 Å². The molecule has 1 saturated carbocycles. The van der Waals surface area contributed by atoms with E-state index in [-0.39, 0.29) is 0 Å². The molecule has 0 bridgehead atoms. The van der Waals surface area contributed by atoms with Gasteiger partial charge >= 0.3 is 0 Å². The van der Waals surface area contributed by atoms with Crippen LogP contribution in [0.25, 0.3) is 0 Å². The number of rotatable bonds is 8. The molecular weight excluding hydrogens is 238 g/mol. The molecule has 1 aliphatic carbocycles. The summed E-state index contributed by atoms with van der Waals surface area (Å²) in [7, 11) is 0. The van der Waals surface area contributed by atoms with Gasteiger partial charge in [0.15, 0.2) is 0 Å². The summed E-state index contributed by atoms with van der Waals surface area (Å²) in [6, 6.07) is 11.6. The van der Waals surface area contributed by atoms with E-state index in [4.69, 9.17) is 0 Å². The number of nitrogens with one attached hydrogen (secondary N) is 1. The molecule has 0 amide bonds. The van der Waals surface area contributed by atoms with Gasteiger partial charge in [0.25, 0.3) is 0 Å². The molecule has 1 atom stereocenters. The van der Waals surface area contributed by atoms with Crippen molar-refractivity contribution in [3.05, 3.63) is 30.3 Å². The van der Waals surface area contributed by atoms with Crippen molar-refractivity contribution in [2.24, 2.45) is 11.8 Å². The molecule has 18 heavy (non-hydrogen) atoms. The molecular formula is C16H25NS. The van der Waals surface area contributed by atoms with E-state index < -0.39 is 0 Å². The van der Waals surface area contributed by atoms with E-state index in [1.165, 1.54) is 36.5 Å². The minimum Gasteiger partial charge on any atom is -0.314 e. The fourth-order valence-electron chi connectivity index (χ4n) is 2.12. The maximum Gasteiger partial charge on any atom is 0.00719 e. The summed E-state index contributed by atoms with van der Waals surface area (Å²) in [5, 5.41) is 3.68. The first-order chi connectivity index (χ1) is 8.75. The van der Waals surface area contributed by atoms with Crippen molar-refractivity contribution in [2.75, 3.05) is 12.3 Å². The van der Waals surface area contributed by atoms with E-state index in [1.807, 2.05) is 11.8 Å². The highest BCUT2D eigenvalue weighted by molar-refractivity contribution is 7.99. The van der Waals surface area contributed by atoms with Gasteiger partial charge in [-0.3, -0.25) is 0 Å². The van der Waals surface area contributed by atoms with Gasteiger partial charge in [-0.1, -0.05) is 32.0 Å². The highest BCUT2D eigenvalue weighted by Gasteiger charge is 2.22. The van der Waals surface area contributed by atoms with Gasteiger partial charge in [-0.05, 0) is 55.5 Å². The second-order valence-electron chi connectivity index (χ2n) is 5.64. The molecule has 0 spiro atoms. The normalized spacial score (nSPS) is 17.1. The molecule has 2 rings (SSSR count). The Balaban J connectivity index is 1.68. The first-order valence-corrected chi connectivity index (χ1v) is 8.15. The first-order valence-electron chi connectivity index (χ1n) is 7.17. The van der Waals surface area contributed by atoms with Gasteiger partial charge in [0.2, 0.25) is 0 Å². The smallest absolute Gasteiger partial charge is 0.00719 e. The number of hydrogen-bond acceptors (Lipinski definition) is 2. The van der Waals surface area contributed by atoms with Crippen LogP contribution in [0.2, 0.25) is 0 Å². The molecule has 0 aromatic heterocycles. The average Bonchev–Trinajstić information content (AvgIpc) is 3.18. The van der Waals surface area contributed by atoms with Crippen molar-refractivity contribution < 1.29 is 0 Å². The highest BCUT2D eigenvalue weighted by Crippen LogP contribution is 2.24. The Labute approximate surface area is 116 Å². The standard InChI is InChI=1S/C16H25NS/c1-13(2)14(12-17-15-8-9-15)10-11-18-16-6-4-3-5-7-16/h3-7,13-15,17H,8-12H2,1-2H3. The second-order valence-corrected chi connectivity index (χ2v) is 6.81. The van der Waals surface area contributed by atoms with E-state index in [2.05, 4.69) is 49.5 Å². The summed E-state index contributed by atoms with van der Waals surface area (Å²) in [6.45, 7) is 5.91. The lowest BCUT2D eigenvalue weighted by molar-refractivity contribution is 0.354. The van der Waals surface area contributed by atoms with E-state index in [9.17, 15) is 0 Å². The Bertz CT molecular complexity index is 332. The predicted molar refractivity (Wildman–Crippen MR) is 81.1 cm³/mol. The first kappa shape index (κ1) is 14.0. The Morgan fingerprint density at radius 2 is 1.94 bits per heavy atom. The van der Waals surface area contributed by atoms with Crippen molar-refractivity contribution >= 4 is 11.8 Å². The molecule has 1 aliphatic rings. The van der Waals surface area contributed by atoms with Gasteiger partial charge in [-0.25, -0.2) is 0 Å².